The maximum absolute atomic E-state index is 11.4. The number of esters is 1. The van der Waals surface area contributed by atoms with Crippen LogP contribution in [0.15, 0.2) is 29.8 Å². The van der Waals surface area contributed by atoms with Gasteiger partial charge in [-0.25, -0.2) is 4.79 Å². The fourth-order valence-electron chi connectivity index (χ4n) is 1.15. The summed E-state index contributed by atoms with van der Waals surface area (Å²) in [7, 11) is 0. The van der Waals surface area contributed by atoms with Gasteiger partial charge < -0.3 is 4.74 Å². The van der Waals surface area contributed by atoms with E-state index in [4.69, 9.17) is 16.3 Å². The minimum atomic E-state index is -0.306. The molecule has 0 aliphatic heterocycles. The largest absolute Gasteiger partial charge is 0.461 e. The Labute approximate surface area is 108 Å². The third-order valence-electron chi connectivity index (χ3n) is 1.86. The van der Waals surface area contributed by atoms with E-state index in [1.165, 1.54) is 0 Å². The van der Waals surface area contributed by atoms with Crippen molar-refractivity contribution in [3.8, 4) is 0 Å². The number of carbonyl (C=O) groups is 1. The molecule has 0 fully saturated rings. The van der Waals surface area contributed by atoms with Gasteiger partial charge in [0.1, 0.15) is 6.61 Å². The second-order valence-electron chi connectivity index (χ2n) is 3.21. The molecule has 1 rings (SSSR count). The molecule has 2 nitrogen and oxygen atoms in total. The number of alkyl halides is 1. The molecule has 0 aliphatic carbocycles. The van der Waals surface area contributed by atoms with Crippen molar-refractivity contribution in [3.63, 3.8) is 0 Å². The van der Waals surface area contributed by atoms with Crippen molar-refractivity contribution in [1.29, 1.82) is 0 Å². The van der Waals surface area contributed by atoms with Gasteiger partial charge in [-0.1, -0.05) is 39.7 Å². The Kier molecular flexibility index (Phi) is 5.56. The van der Waals surface area contributed by atoms with E-state index >= 15 is 0 Å². The maximum atomic E-state index is 11.4. The molecule has 0 unspecified atom stereocenters. The van der Waals surface area contributed by atoms with Crippen LogP contribution >= 0.6 is 27.5 Å². The van der Waals surface area contributed by atoms with E-state index in [1.54, 1.807) is 25.1 Å². The Morgan fingerprint density at radius 1 is 1.56 bits per heavy atom. The number of benzene rings is 1. The van der Waals surface area contributed by atoms with Crippen LogP contribution in [0.1, 0.15) is 12.5 Å². The predicted molar refractivity (Wildman–Crippen MR) is 69.9 cm³/mol. The zero-order valence-electron chi connectivity index (χ0n) is 8.87. The van der Waals surface area contributed by atoms with Crippen LogP contribution in [0.4, 0.5) is 0 Å². The highest BCUT2D eigenvalue weighted by Crippen LogP contribution is 2.14. The molecular weight excluding hydrogens is 291 g/mol. The molecule has 16 heavy (non-hydrogen) atoms. The van der Waals surface area contributed by atoms with Crippen molar-refractivity contribution in [2.75, 3.05) is 11.9 Å². The Balaban J connectivity index is 2.72. The molecule has 0 atom stereocenters. The third-order valence-corrected chi connectivity index (χ3v) is 2.42. The first-order valence-electron chi connectivity index (χ1n) is 4.80. The topological polar surface area (TPSA) is 26.3 Å². The zero-order chi connectivity index (χ0) is 12.0. The molecule has 0 saturated carbocycles. The van der Waals surface area contributed by atoms with E-state index < -0.39 is 0 Å². The highest BCUT2D eigenvalue weighted by Gasteiger charge is 2.04. The van der Waals surface area contributed by atoms with Gasteiger partial charge in [0.15, 0.2) is 0 Å². The molecule has 0 saturated heterocycles. The summed E-state index contributed by atoms with van der Waals surface area (Å²) in [6.07, 6.45) is 1.75. The third kappa shape index (κ3) is 4.37. The lowest BCUT2D eigenvalue weighted by atomic mass is 10.1. The van der Waals surface area contributed by atoms with Gasteiger partial charge in [-0.15, -0.1) is 0 Å². The number of carbonyl (C=O) groups excluding carboxylic acids is 1. The average Bonchev–Trinajstić information content (AvgIpc) is 2.25. The van der Waals surface area contributed by atoms with Crippen molar-refractivity contribution in [2.45, 2.75) is 6.92 Å². The van der Waals surface area contributed by atoms with Gasteiger partial charge in [-0.2, -0.15) is 0 Å². The Bertz CT molecular complexity index is 402. The fourth-order valence-corrected chi connectivity index (χ4v) is 1.51. The van der Waals surface area contributed by atoms with Gasteiger partial charge in [-0.05, 0) is 30.7 Å². The zero-order valence-corrected chi connectivity index (χ0v) is 11.2. The monoisotopic (exact) mass is 302 g/mol. The van der Waals surface area contributed by atoms with E-state index in [0.717, 1.165) is 5.56 Å². The summed E-state index contributed by atoms with van der Waals surface area (Å²) < 4.78 is 4.97. The van der Waals surface area contributed by atoms with Gasteiger partial charge >= 0.3 is 5.97 Å². The lowest BCUT2D eigenvalue weighted by molar-refractivity contribution is -0.138. The minimum absolute atomic E-state index is 0.306. The van der Waals surface area contributed by atoms with Gasteiger partial charge in [0, 0.05) is 15.9 Å². The highest BCUT2D eigenvalue weighted by atomic mass is 79.9. The van der Waals surface area contributed by atoms with Gasteiger partial charge in [0.2, 0.25) is 0 Å². The van der Waals surface area contributed by atoms with Gasteiger partial charge in [0.25, 0.3) is 0 Å². The van der Waals surface area contributed by atoms with Crippen LogP contribution in [0, 0.1) is 0 Å². The second-order valence-corrected chi connectivity index (χ2v) is 4.44. The normalized spacial score (nSPS) is 11.3. The number of halogens is 2. The molecule has 1 aromatic rings. The van der Waals surface area contributed by atoms with Crippen LogP contribution in [0.2, 0.25) is 5.02 Å². The molecule has 0 bridgehead atoms. The summed E-state index contributed by atoms with van der Waals surface area (Å²) in [5.74, 6) is -0.306. The smallest absolute Gasteiger partial charge is 0.333 e. The molecule has 0 amide bonds. The first-order chi connectivity index (χ1) is 7.63. The van der Waals surface area contributed by atoms with Crippen molar-refractivity contribution < 1.29 is 9.53 Å². The summed E-state index contributed by atoms with van der Waals surface area (Å²) in [6, 6.07) is 7.30. The molecule has 0 N–H and O–H groups in total. The molecule has 0 radical (unpaired) electrons. The van der Waals surface area contributed by atoms with E-state index in [1.807, 2.05) is 12.1 Å². The highest BCUT2D eigenvalue weighted by molar-refractivity contribution is 9.09. The van der Waals surface area contributed by atoms with Crippen LogP contribution in [0.25, 0.3) is 6.08 Å². The fraction of sp³-hybridized carbons (Fsp3) is 0.250. The van der Waals surface area contributed by atoms with E-state index in [9.17, 15) is 4.79 Å². The number of rotatable bonds is 4. The SMILES string of the molecule is C/C(=C/c1cccc(Cl)c1)C(=O)OCCBr. The molecule has 0 aliphatic rings. The standard InChI is InChI=1S/C12H12BrClO2/c1-9(12(15)16-6-5-13)7-10-3-2-4-11(14)8-10/h2-4,7-8H,5-6H2,1H3/b9-7-. The summed E-state index contributed by atoms with van der Waals surface area (Å²) in [5.41, 5.74) is 1.45. The van der Waals surface area contributed by atoms with E-state index in [0.29, 0.717) is 22.5 Å². The molecule has 0 heterocycles. The first-order valence-corrected chi connectivity index (χ1v) is 6.30. The Hall–Kier alpha value is -0.800. The van der Waals surface area contributed by atoms with Crippen molar-refractivity contribution in [3.05, 3.63) is 40.4 Å². The van der Waals surface area contributed by atoms with Crippen LogP contribution in [-0.2, 0) is 9.53 Å². The number of hydrogen-bond donors (Lipinski definition) is 0. The molecular formula is C12H12BrClO2. The van der Waals surface area contributed by atoms with Crippen LogP contribution < -0.4 is 0 Å². The molecule has 0 aromatic heterocycles. The van der Waals surface area contributed by atoms with Crippen molar-refractivity contribution in [1.82, 2.24) is 0 Å². The van der Waals surface area contributed by atoms with Crippen LogP contribution in [0.3, 0.4) is 0 Å². The van der Waals surface area contributed by atoms with Crippen molar-refractivity contribution in [2.24, 2.45) is 0 Å². The Morgan fingerprint density at radius 2 is 2.31 bits per heavy atom. The maximum Gasteiger partial charge on any atom is 0.333 e. The average molecular weight is 304 g/mol. The van der Waals surface area contributed by atoms with Gasteiger partial charge in [0.05, 0.1) is 0 Å². The quantitative estimate of drug-likeness (QED) is 0.482. The number of hydrogen-bond acceptors (Lipinski definition) is 2. The van der Waals surface area contributed by atoms with Crippen LogP contribution in [0.5, 0.6) is 0 Å². The lowest BCUT2D eigenvalue weighted by Crippen LogP contribution is -2.07. The predicted octanol–water partition coefficient (Wildman–Crippen LogP) is 3.68. The Morgan fingerprint density at radius 3 is 2.94 bits per heavy atom. The minimum Gasteiger partial charge on any atom is -0.461 e. The van der Waals surface area contributed by atoms with Crippen molar-refractivity contribution >= 4 is 39.6 Å². The summed E-state index contributed by atoms with van der Waals surface area (Å²) in [4.78, 5) is 11.4. The molecule has 0 spiro atoms. The first kappa shape index (κ1) is 13.3. The van der Waals surface area contributed by atoms with Gasteiger partial charge in [-0.3, -0.25) is 0 Å². The second kappa shape index (κ2) is 6.71. The van der Waals surface area contributed by atoms with E-state index in [2.05, 4.69) is 15.9 Å². The summed E-state index contributed by atoms with van der Waals surface area (Å²) in [5, 5.41) is 1.29. The summed E-state index contributed by atoms with van der Waals surface area (Å²) >= 11 is 9.03. The molecule has 86 valence electrons. The molecule has 4 heteroatoms. The summed E-state index contributed by atoms with van der Waals surface area (Å²) in [6.45, 7) is 2.09. The molecule has 1 aromatic carbocycles. The van der Waals surface area contributed by atoms with Crippen LogP contribution in [-0.4, -0.2) is 17.9 Å². The van der Waals surface area contributed by atoms with E-state index in [-0.39, 0.29) is 5.97 Å². The number of ether oxygens (including phenoxy) is 1. The lowest BCUT2D eigenvalue weighted by Gasteiger charge is -2.02.